The molecule has 2 aromatic carbocycles. The van der Waals surface area contributed by atoms with Crippen molar-refractivity contribution in [2.24, 2.45) is 5.92 Å². The first-order chi connectivity index (χ1) is 19.9. The van der Waals surface area contributed by atoms with E-state index in [0.717, 1.165) is 40.8 Å². The van der Waals surface area contributed by atoms with Crippen molar-refractivity contribution in [3.8, 4) is 11.1 Å². The van der Waals surface area contributed by atoms with Gasteiger partial charge < -0.3 is 19.5 Å². The van der Waals surface area contributed by atoms with Gasteiger partial charge in [-0.1, -0.05) is 69.4 Å². The summed E-state index contributed by atoms with van der Waals surface area (Å²) in [6.45, 7) is 7.34. The molecule has 0 aliphatic heterocycles. The number of benzene rings is 2. The largest absolute Gasteiger partial charge is 0.467 e. The number of thioether (sulfide) groups is 1. The molecule has 41 heavy (non-hydrogen) atoms. The number of amides is 1. The molecule has 0 radical (unpaired) electrons. The molecule has 1 amide bonds. The lowest BCUT2D eigenvalue weighted by Crippen LogP contribution is -2.42. The van der Waals surface area contributed by atoms with Crippen molar-refractivity contribution in [1.82, 2.24) is 5.32 Å². The molecule has 1 N–H and O–H groups in total. The van der Waals surface area contributed by atoms with Crippen LogP contribution < -0.4 is 5.32 Å². The van der Waals surface area contributed by atoms with Gasteiger partial charge in [-0.2, -0.15) is 11.8 Å². The smallest absolute Gasteiger partial charge is 0.328 e. The van der Waals surface area contributed by atoms with Crippen LogP contribution in [0.1, 0.15) is 86.7 Å². The molecule has 0 aromatic heterocycles. The summed E-state index contributed by atoms with van der Waals surface area (Å²) < 4.78 is 17.6. The fraction of sp³-hybridized carbons (Fsp3) is 0.588. The van der Waals surface area contributed by atoms with E-state index in [1.54, 1.807) is 11.8 Å². The number of hydrogen-bond donors (Lipinski definition) is 1. The van der Waals surface area contributed by atoms with Crippen molar-refractivity contribution in [1.29, 1.82) is 0 Å². The van der Waals surface area contributed by atoms with E-state index in [2.05, 4.69) is 25.2 Å². The van der Waals surface area contributed by atoms with E-state index in [1.807, 2.05) is 49.6 Å². The molecular formula is C34H49NO5S. The molecule has 3 unspecified atom stereocenters. The maximum atomic E-state index is 13.5. The second-order valence-corrected chi connectivity index (χ2v) is 12.2. The molecule has 1 fully saturated rings. The number of methoxy groups -OCH3 is 1. The first-order valence-corrected chi connectivity index (χ1v) is 16.5. The molecule has 226 valence electrons. The molecule has 3 atom stereocenters. The van der Waals surface area contributed by atoms with Gasteiger partial charge in [0.2, 0.25) is 0 Å². The number of aryl methyl sites for hydroxylation is 1. The van der Waals surface area contributed by atoms with Crippen molar-refractivity contribution in [2.75, 3.05) is 25.7 Å². The highest BCUT2D eigenvalue weighted by Gasteiger charge is 2.25. The summed E-state index contributed by atoms with van der Waals surface area (Å²) in [6.07, 6.45) is 11.2. The second kappa shape index (κ2) is 17.6. The maximum absolute atomic E-state index is 13.5. The number of carbonyl (C=O) groups excluding carboxylic acids is 2. The predicted molar refractivity (Wildman–Crippen MR) is 168 cm³/mol. The molecule has 2 aromatic rings. The first-order valence-electron chi connectivity index (χ1n) is 15.2. The molecule has 0 saturated heterocycles. The number of nitrogens with one attached hydrogen (secondary N) is 1. The Balaban J connectivity index is 1.83. The van der Waals surface area contributed by atoms with E-state index >= 15 is 0 Å². The lowest BCUT2D eigenvalue weighted by molar-refractivity contribution is -0.142. The monoisotopic (exact) mass is 583 g/mol. The predicted octanol–water partition coefficient (Wildman–Crippen LogP) is 7.36. The zero-order valence-corrected chi connectivity index (χ0v) is 26.4. The fourth-order valence-corrected chi connectivity index (χ4v) is 5.89. The Morgan fingerprint density at radius 2 is 1.80 bits per heavy atom. The molecule has 6 nitrogen and oxygen atoms in total. The Morgan fingerprint density at radius 3 is 2.49 bits per heavy atom. The maximum Gasteiger partial charge on any atom is 0.328 e. The molecule has 0 spiro atoms. The van der Waals surface area contributed by atoms with Gasteiger partial charge in [-0.05, 0) is 85.4 Å². The van der Waals surface area contributed by atoms with Crippen LogP contribution in [0, 0.1) is 12.8 Å². The third-order valence-electron chi connectivity index (χ3n) is 8.11. The minimum Gasteiger partial charge on any atom is -0.467 e. The quantitative estimate of drug-likeness (QED) is 0.208. The van der Waals surface area contributed by atoms with Crippen LogP contribution in [0.25, 0.3) is 11.1 Å². The van der Waals surface area contributed by atoms with E-state index in [4.69, 9.17) is 14.2 Å². The SMILES string of the molecule is CCC(C)OCC(CC1CCCCC1)OCc1ccc(C(=O)NC(CCSC)C(=O)OC)c(-c2ccccc2C)c1. The van der Waals surface area contributed by atoms with Crippen LogP contribution in [0.2, 0.25) is 0 Å². The minimum absolute atomic E-state index is 0.0363. The van der Waals surface area contributed by atoms with Gasteiger partial charge >= 0.3 is 5.97 Å². The van der Waals surface area contributed by atoms with Crippen LogP contribution in [0.4, 0.5) is 0 Å². The average molecular weight is 584 g/mol. The van der Waals surface area contributed by atoms with Gasteiger partial charge in [0.05, 0.1) is 32.5 Å². The van der Waals surface area contributed by atoms with Crippen molar-refractivity contribution < 1.29 is 23.8 Å². The molecule has 1 saturated carbocycles. The zero-order valence-electron chi connectivity index (χ0n) is 25.6. The van der Waals surface area contributed by atoms with Gasteiger partial charge in [0.15, 0.2) is 0 Å². The van der Waals surface area contributed by atoms with Crippen molar-refractivity contribution in [3.63, 3.8) is 0 Å². The highest BCUT2D eigenvalue weighted by Crippen LogP contribution is 2.31. The van der Waals surface area contributed by atoms with Crippen molar-refractivity contribution in [2.45, 2.75) is 97.0 Å². The summed E-state index contributed by atoms with van der Waals surface area (Å²) in [4.78, 5) is 25.9. The summed E-state index contributed by atoms with van der Waals surface area (Å²) in [5, 5.41) is 2.92. The molecule has 3 rings (SSSR count). The number of hydrogen-bond acceptors (Lipinski definition) is 6. The zero-order chi connectivity index (χ0) is 29.6. The summed E-state index contributed by atoms with van der Waals surface area (Å²) in [7, 11) is 1.35. The van der Waals surface area contributed by atoms with E-state index in [1.165, 1.54) is 39.2 Å². The second-order valence-electron chi connectivity index (χ2n) is 11.3. The Labute approximate surface area is 251 Å². The molecule has 7 heteroatoms. The third-order valence-corrected chi connectivity index (χ3v) is 8.76. The van der Waals surface area contributed by atoms with Crippen molar-refractivity contribution >= 4 is 23.6 Å². The van der Waals surface area contributed by atoms with Gasteiger partial charge in [0, 0.05) is 5.56 Å². The van der Waals surface area contributed by atoms with Crippen LogP contribution in [0.3, 0.4) is 0 Å². The fourth-order valence-electron chi connectivity index (χ4n) is 5.42. The van der Waals surface area contributed by atoms with E-state index in [-0.39, 0.29) is 18.1 Å². The molecule has 1 aliphatic carbocycles. The molecule has 0 heterocycles. The van der Waals surface area contributed by atoms with Gasteiger partial charge in [-0.3, -0.25) is 4.79 Å². The molecular weight excluding hydrogens is 534 g/mol. The van der Waals surface area contributed by atoms with Crippen molar-refractivity contribution in [3.05, 3.63) is 59.2 Å². The normalized spacial score (nSPS) is 16.1. The van der Waals surface area contributed by atoms with E-state index in [0.29, 0.717) is 31.1 Å². The van der Waals surface area contributed by atoms with Gasteiger partial charge in [-0.25, -0.2) is 4.79 Å². The lowest BCUT2D eigenvalue weighted by Gasteiger charge is -2.27. The first kappa shape index (κ1) is 33.2. The Hall–Kier alpha value is -2.35. The molecule has 1 aliphatic rings. The standard InChI is InChI=1S/C34H49NO5S/c1-6-25(3)39-23-28(20-26-13-8-7-9-14-26)40-22-27-16-17-30(31(21-27)29-15-11-10-12-24(29)2)33(36)35-32(18-19-41-5)34(37)38-4/h10-12,15-17,21,25-26,28,32H,6-9,13-14,18-20,22-23H2,1-5H3,(H,35,36). The Bertz CT molecular complexity index is 1100. The number of ether oxygens (including phenoxy) is 3. The summed E-state index contributed by atoms with van der Waals surface area (Å²) in [6, 6.07) is 13.2. The van der Waals surface area contributed by atoms with Crippen LogP contribution in [-0.4, -0.2) is 55.9 Å². The van der Waals surface area contributed by atoms with Gasteiger partial charge in [0.1, 0.15) is 6.04 Å². The van der Waals surface area contributed by atoms with Gasteiger partial charge in [-0.15, -0.1) is 0 Å². The Morgan fingerprint density at radius 1 is 1.05 bits per heavy atom. The number of rotatable bonds is 16. The van der Waals surface area contributed by atoms with Crippen LogP contribution >= 0.6 is 11.8 Å². The van der Waals surface area contributed by atoms with Gasteiger partial charge in [0.25, 0.3) is 5.91 Å². The van der Waals surface area contributed by atoms with E-state index in [9.17, 15) is 9.59 Å². The summed E-state index contributed by atoms with van der Waals surface area (Å²) in [5.41, 5.74) is 4.42. The summed E-state index contributed by atoms with van der Waals surface area (Å²) in [5.74, 6) is 0.712. The average Bonchev–Trinajstić information content (AvgIpc) is 3.00. The minimum atomic E-state index is -0.696. The molecule has 0 bridgehead atoms. The van der Waals surface area contributed by atoms with Crippen LogP contribution in [0.15, 0.2) is 42.5 Å². The summed E-state index contributed by atoms with van der Waals surface area (Å²) >= 11 is 1.63. The lowest BCUT2D eigenvalue weighted by atomic mass is 9.85. The third kappa shape index (κ3) is 10.5. The Kier molecular flexibility index (Phi) is 14.2. The highest BCUT2D eigenvalue weighted by atomic mass is 32.2. The number of carbonyl (C=O) groups is 2. The van der Waals surface area contributed by atoms with Crippen LogP contribution in [0.5, 0.6) is 0 Å². The van der Waals surface area contributed by atoms with Crippen LogP contribution in [-0.2, 0) is 25.6 Å². The topological polar surface area (TPSA) is 73.9 Å². The highest BCUT2D eigenvalue weighted by molar-refractivity contribution is 7.98. The van der Waals surface area contributed by atoms with E-state index < -0.39 is 12.0 Å². The number of esters is 1.